The maximum absolute atomic E-state index is 4.29. The minimum atomic E-state index is 0.657. The molecule has 3 nitrogen and oxygen atoms in total. The molecule has 0 radical (unpaired) electrons. The third-order valence-electron chi connectivity index (χ3n) is 4.37. The summed E-state index contributed by atoms with van der Waals surface area (Å²) >= 11 is 0. The first-order chi connectivity index (χ1) is 9.79. The molecule has 0 bridgehead atoms. The molecule has 3 heteroatoms. The fourth-order valence-corrected chi connectivity index (χ4v) is 3.30. The fourth-order valence-electron chi connectivity index (χ4n) is 3.30. The van der Waals surface area contributed by atoms with E-state index in [4.69, 9.17) is 0 Å². The van der Waals surface area contributed by atoms with Crippen LogP contribution in [0.15, 0.2) is 36.7 Å². The predicted octanol–water partition coefficient (Wildman–Crippen LogP) is 3.06. The summed E-state index contributed by atoms with van der Waals surface area (Å²) in [7, 11) is 0. The van der Waals surface area contributed by atoms with E-state index in [1.54, 1.807) is 0 Å². The van der Waals surface area contributed by atoms with Crippen LogP contribution in [-0.4, -0.2) is 30.7 Å². The Balaban J connectivity index is 1.86. The lowest BCUT2D eigenvalue weighted by Gasteiger charge is -2.39. The summed E-state index contributed by atoms with van der Waals surface area (Å²) in [6.07, 6.45) is 5.07. The molecule has 0 spiro atoms. The topological polar surface area (TPSA) is 28.2 Å². The van der Waals surface area contributed by atoms with Gasteiger partial charge in [0.05, 0.1) is 0 Å². The molecule has 1 aliphatic heterocycles. The first-order valence-electron chi connectivity index (χ1n) is 7.60. The summed E-state index contributed by atoms with van der Waals surface area (Å²) in [5.41, 5.74) is 1.33. The van der Waals surface area contributed by atoms with E-state index < -0.39 is 0 Å². The molecule has 2 atom stereocenters. The highest BCUT2D eigenvalue weighted by atomic mass is 15.2. The van der Waals surface area contributed by atoms with Gasteiger partial charge in [0.1, 0.15) is 0 Å². The van der Waals surface area contributed by atoms with Crippen molar-refractivity contribution in [3.05, 3.63) is 36.7 Å². The van der Waals surface area contributed by atoms with Gasteiger partial charge in [-0.3, -0.25) is 4.98 Å². The fraction of sp³-hybridized carbons (Fsp3) is 0.471. The number of piperidine rings is 1. The van der Waals surface area contributed by atoms with Crippen molar-refractivity contribution in [3.63, 3.8) is 0 Å². The van der Waals surface area contributed by atoms with Crippen LogP contribution in [-0.2, 0) is 0 Å². The van der Waals surface area contributed by atoms with Crippen LogP contribution < -0.4 is 10.2 Å². The number of hydrogen-bond donors (Lipinski definition) is 1. The summed E-state index contributed by atoms with van der Waals surface area (Å²) in [6, 6.07) is 9.29. The third kappa shape index (κ3) is 2.50. The second kappa shape index (κ2) is 5.80. The average Bonchev–Trinajstić information content (AvgIpc) is 2.49. The van der Waals surface area contributed by atoms with Crippen LogP contribution in [0.4, 0.5) is 5.69 Å². The number of hydrogen-bond acceptors (Lipinski definition) is 3. The van der Waals surface area contributed by atoms with Crippen molar-refractivity contribution < 1.29 is 0 Å². The quantitative estimate of drug-likeness (QED) is 0.928. The Morgan fingerprint density at radius 2 is 2.25 bits per heavy atom. The van der Waals surface area contributed by atoms with Crippen molar-refractivity contribution >= 4 is 16.5 Å². The van der Waals surface area contributed by atoms with Crippen molar-refractivity contribution in [2.45, 2.75) is 26.3 Å². The zero-order valence-electron chi connectivity index (χ0n) is 12.3. The summed E-state index contributed by atoms with van der Waals surface area (Å²) in [6.45, 7) is 7.84. The molecule has 2 unspecified atom stereocenters. The van der Waals surface area contributed by atoms with Gasteiger partial charge in [0.25, 0.3) is 0 Å². The Hall–Kier alpha value is -1.61. The molecule has 0 saturated carbocycles. The van der Waals surface area contributed by atoms with E-state index in [0.29, 0.717) is 12.0 Å². The molecular weight excluding hydrogens is 246 g/mol. The summed E-state index contributed by atoms with van der Waals surface area (Å²) in [5, 5.41) is 6.15. The maximum Gasteiger partial charge on any atom is 0.0461 e. The largest absolute Gasteiger partial charge is 0.371 e. The van der Waals surface area contributed by atoms with Crippen LogP contribution in [0.1, 0.15) is 20.3 Å². The Bertz CT molecular complexity index is 576. The highest BCUT2D eigenvalue weighted by Gasteiger charge is 2.26. The molecule has 1 N–H and O–H groups in total. The predicted molar refractivity (Wildman–Crippen MR) is 85.2 cm³/mol. The van der Waals surface area contributed by atoms with Gasteiger partial charge >= 0.3 is 0 Å². The molecule has 106 valence electrons. The van der Waals surface area contributed by atoms with Crippen molar-refractivity contribution in [1.29, 1.82) is 0 Å². The molecule has 0 amide bonds. The van der Waals surface area contributed by atoms with E-state index >= 15 is 0 Å². The molecule has 20 heavy (non-hydrogen) atoms. The van der Waals surface area contributed by atoms with Gasteiger partial charge in [-0.2, -0.15) is 0 Å². The minimum Gasteiger partial charge on any atom is -0.371 e. The van der Waals surface area contributed by atoms with Gasteiger partial charge < -0.3 is 10.2 Å². The minimum absolute atomic E-state index is 0.657. The van der Waals surface area contributed by atoms with E-state index in [1.165, 1.54) is 22.9 Å². The van der Waals surface area contributed by atoms with E-state index in [2.05, 4.69) is 53.3 Å². The van der Waals surface area contributed by atoms with Gasteiger partial charge in [-0.25, -0.2) is 0 Å². The molecule has 2 aromatic rings. The summed E-state index contributed by atoms with van der Waals surface area (Å²) in [5.74, 6) is 0.677. The standard InChI is InChI=1S/C17H23N3/c1-3-19-16-8-10-20(12-13(16)2)17-6-4-5-14-7-9-18-11-15(14)17/h4-7,9,11,13,16,19H,3,8,10,12H2,1-2H3. The SMILES string of the molecule is CCNC1CCN(c2cccc3ccncc23)CC1C. The summed E-state index contributed by atoms with van der Waals surface area (Å²) in [4.78, 5) is 6.81. The maximum atomic E-state index is 4.29. The first-order valence-corrected chi connectivity index (χ1v) is 7.60. The molecule has 3 rings (SSSR count). The number of aromatic nitrogens is 1. The van der Waals surface area contributed by atoms with Crippen LogP contribution in [0, 0.1) is 5.92 Å². The second-order valence-electron chi connectivity index (χ2n) is 5.75. The zero-order chi connectivity index (χ0) is 13.9. The van der Waals surface area contributed by atoms with Gasteiger partial charge in [-0.1, -0.05) is 26.0 Å². The molecule has 1 aromatic carbocycles. The average molecular weight is 269 g/mol. The number of nitrogens with one attached hydrogen (secondary N) is 1. The van der Waals surface area contributed by atoms with Gasteiger partial charge in [0, 0.05) is 42.6 Å². The first kappa shape index (κ1) is 13.4. The van der Waals surface area contributed by atoms with Crippen LogP contribution >= 0.6 is 0 Å². The van der Waals surface area contributed by atoms with E-state index in [0.717, 1.165) is 19.6 Å². The lowest BCUT2D eigenvalue weighted by Crippen LogP contribution is -2.48. The third-order valence-corrected chi connectivity index (χ3v) is 4.37. The smallest absolute Gasteiger partial charge is 0.0461 e. The van der Waals surface area contributed by atoms with Crippen LogP contribution in [0.3, 0.4) is 0 Å². The Kier molecular flexibility index (Phi) is 3.88. The van der Waals surface area contributed by atoms with Crippen molar-refractivity contribution in [1.82, 2.24) is 10.3 Å². The second-order valence-corrected chi connectivity index (χ2v) is 5.75. The molecule has 1 saturated heterocycles. The number of fused-ring (bicyclic) bond motifs is 1. The molecular formula is C17H23N3. The Labute approximate surface area is 121 Å². The highest BCUT2D eigenvalue weighted by molar-refractivity contribution is 5.93. The van der Waals surface area contributed by atoms with Gasteiger partial charge in [0.15, 0.2) is 0 Å². The molecule has 0 aliphatic carbocycles. The van der Waals surface area contributed by atoms with Gasteiger partial charge in [0.2, 0.25) is 0 Å². The van der Waals surface area contributed by atoms with Crippen molar-refractivity contribution in [2.24, 2.45) is 5.92 Å². The zero-order valence-corrected chi connectivity index (χ0v) is 12.3. The number of nitrogens with zero attached hydrogens (tertiary/aromatic N) is 2. The van der Waals surface area contributed by atoms with E-state index in [1.807, 2.05) is 12.4 Å². The Morgan fingerprint density at radius 3 is 3.05 bits per heavy atom. The lowest BCUT2D eigenvalue weighted by molar-refractivity contribution is 0.327. The summed E-state index contributed by atoms with van der Waals surface area (Å²) < 4.78 is 0. The Morgan fingerprint density at radius 1 is 1.35 bits per heavy atom. The van der Waals surface area contributed by atoms with Crippen LogP contribution in [0.5, 0.6) is 0 Å². The van der Waals surface area contributed by atoms with E-state index in [9.17, 15) is 0 Å². The van der Waals surface area contributed by atoms with Gasteiger partial charge in [-0.15, -0.1) is 0 Å². The van der Waals surface area contributed by atoms with Crippen molar-refractivity contribution in [3.8, 4) is 0 Å². The van der Waals surface area contributed by atoms with Crippen molar-refractivity contribution in [2.75, 3.05) is 24.5 Å². The molecule has 1 aromatic heterocycles. The number of rotatable bonds is 3. The molecule has 2 heterocycles. The lowest BCUT2D eigenvalue weighted by atomic mass is 9.93. The number of anilines is 1. The molecule has 1 aliphatic rings. The highest BCUT2D eigenvalue weighted by Crippen LogP contribution is 2.29. The van der Waals surface area contributed by atoms with Gasteiger partial charge in [-0.05, 0) is 36.4 Å². The van der Waals surface area contributed by atoms with Crippen LogP contribution in [0.2, 0.25) is 0 Å². The van der Waals surface area contributed by atoms with E-state index in [-0.39, 0.29) is 0 Å². The van der Waals surface area contributed by atoms with Crippen LogP contribution in [0.25, 0.3) is 10.8 Å². The monoisotopic (exact) mass is 269 g/mol. The molecule has 1 fully saturated rings. The number of benzene rings is 1. The normalized spacial score (nSPS) is 23.2. The number of pyridine rings is 1.